The van der Waals surface area contributed by atoms with Crippen molar-refractivity contribution in [3.63, 3.8) is 0 Å². The minimum Gasteiger partial charge on any atom is -0.496 e. The van der Waals surface area contributed by atoms with Crippen molar-refractivity contribution < 1.29 is 53.1 Å². The Morgan fingerprint density at radius 1 is 1.05 bits per heavy atom. The van der Waals surface area contributed by atoms with Crippen LogP contribution in [-0.4, -0.2) is 98.5 Å². The number of rotatable bonds is 19. The molecule has 0 bridgehead atoms. The maximum Gasteiger partial charge on any atom is 0.410 e. The minimum absolute atomic E-state index is 0.0250. The highest BCUT2D eigenvalue weighted by Gasteiger charge is 2.65. The summed E-state index contributed by atoms with van der Waals surface area (Å²) in [7, 11) is 3.24. The lowest BCUT2D eigenvalue weighted by Crippen LogP contribution is -2.69. The van der Waals surface area contributed by atoms with Crippen LogP contribution in [0.1, 0.15) is 107 Å². The van der Waals surface area contributed by atoms with E-state index in [1.54, 1.807) is 36.2 Å². The van der Waals surface area contributed by atoms with Crippen LogP contribution in [0.25, 0.3) is 0 Å². The first-order chi connectivity index (χ1) is 29.0. The largest absolute Gasteiger partial charge is 0.496 e. The number of hydrogen-bond acceptors (Lipinski definition) is 12. The Kier molecular flexibility index (Phi) is 15.4. The SMILES string of the molecule is C=CCOC12Oc3ccc(Oc4ccc(OC)c(C=O)c4)cc3C3C(CCCCO)C(CCCCO)C=C(C(=NOC4CCCCO4)CC1N(C)C(=O)OCC(C)(C)C)C32. The number of methoxy groups -OCH3 is 1. The van der Waals surface area contributed by atoms with E-state index < -0.39 is 30.1 Å². The molecule has 7 unspecified atom stereocenters. The Balaban J connectivity index is 1.54. The zero-order valence-electron chi connectivity index (χ0n) is 35.9. The second kappa shape index (κ2) is 20.4. The number of nitrogens with zero attached hydrogens (tertiary/aromatic N) is 2. The summed E-state index contributed by atoms with van der Waals surface area (Å²) in [6, 6.07) is 10.1. The highest BCUT2D eigenvalue weighted by Crippen LogP contribution is 2.62. The van der Waals surface area contributed by atoms with E-state index in [1.165, 1.54) is 7.11 Å². The zero-order valence-corrected chi connectivity index (χ0v) is 35.9. The molecule has 2 heterocycles. The van der Waals surface area contributed by atoms with Gasteiger partial charge in [0.05, 0.1) is 44.1 Å². The molecular weight excluding hydrogens is 769 g/mol. The number of benzene rings is 2. The van der Waals surface area contributed by atoms with Crippen LogP contribution in [0.4, 0.5) is 4.79 Å². The van der Waals surface area contributed by atoms with E-state index in [9.17, 15) is 19.8 Å². The Labute approximate surface area is 354 Å². The van der Waals surface area contributed by atoms with Crippen molar-refractivity contribution in [1.29, 1.82) is 0 Å². The van der Waals surface area contributed by atoms with Crippen LogP contribution in [0, 0.1) is 23.2 Å². The van der Waals surface area contributed by atoms with Gasteiger partial charge >= 0.3 is 6.09 Å². The molecule has 7 atom stereocenters. The predicted molar refractivity (Wildman–Crippen MR) is 227 cm³/mol. The van der Waals surface area contributed by atoms with Gasteiger partial charge in [0.1, 0.15) is 29.0 Å². The number of aliphatic hydroxyl groups excluding tert-OH is 2. The van der Waals surface area contributed by atoms with Gasteiger partial charge in [-0.3, -0.25) is 4.79 Å². The number of oxime groups is 1. The highest BCUT2D eigenvalue weighted by molar-refractivity contribution is 6.03. The molecule has 2 N–H and O–H groups in total. The summed E-state index contributed by atoms with van der Waals surface area (Å²) in [5.74, 6) is -0.0435. The van der Waals surface area contributed by atoms with E-state index >= 15 is 0 Å². The van der Waals surface area contributed by atoms with Gasteiger partial charge in [-0.15, -0.1) is 6.58 Å². The van der Waals surface area contributed by atoms with Crippen molar-refractivity contribution in [2.24, 2.45) is 28.3 Å². The molecule has 328 valence electrons. The number of unbranched alkanes of at least 4 members (excludes halogenated alkanes) is 2. The maximum absolute atomic E-state index is 14.1. The van der Waals surface area contributed by atoms with Crippen LogP contribution in [0.3, 0.4) is 0 Å². The number of aldehydes is 1. The van der Waals surface area contributed by atoms with Gasteiger partial charge in [-0.1, -0.05) is 50.9 Å². The third-order valence-electron chi connectivity index (χ3n) is 12.0. The quantitative estimate of drug-likeness (QED) is 0.0606. The van der Waals surface area contributed by atoms with Gasteiger partial charge in [0.2, 0.25) is 12.1 Å². The normalized spacial score (nSPS) is 26.4. The summed E-state index contributed by atoms with van der Waals surface area (Å²) in [6.07, 6.45) is 11.1. The van der Waals surface area contributed by atoms with E-state index in [0.717, 1.165) is 62.4 Å². The van der Waals surface area contributed by atoms with Crippen molar-refractivity contribution in [3.8, 4) is 23.0 Å². The minimum atomic E-state index is -1.42. The Morgan fingerprint density at radius 3 is 2.48 bits per heavy atom. The fourth-order valence-corrected chi connectivity index (χ4v) is 9.22. The number of allylic oxidation sites excluding steroid dienone is 1. The maximum atomic E-state index is 14.1. The number of ether oxygens (including phenoxy) is 6. The van der Waals surface area contributed by atoms with Crippen molar-refractivity contribution in [2.75, 3.05) is 47.2 Å². The first kappa shape index (κ1) is 45.1. The summed E-state index contributed by atoms with van der Waals surface area (Å²) in [5, 5.41) is 24.7. The molecule has 13 nitrogen and oxygen atoms in total. The number of amides is 1. The summed E-state index contributed by atoms with van der Waals surface area (Å²) in [5.41, 5.74) is 2.60. The summed E-state index contributed by atoms with van der Waals surface area (Å²) < 4.78 is 37.9. The second-order valence-corrected chi connectivity index (χ2v) is 17.5. The molecule has 4 aliphatic rings. The number of aliphatic hydroxyl groups is 2. The van der Waals surface area contributed by atoms with Gasteiger partial charge in [-0.25, -0.2) is 4.79 Å². The van der Waals surface area contributed by atoms with Crippen molar-refractivity contribution in [3.05, 3.63) is 71.8 Å². The summed E-state index contributed by atoms with van der Waals surface area (Å²) in [6.45, 7) is 11.1. The molecule has 6 rings (SSSR count). The van der Waals surface area contributed by atoms with Crippen LogP contribution in [-0.2, 0) is 19.0 Å². The van der Waals surface area contributed by atoms with Gasteiger partial charge < -0.3 is 48.4 Å². The molecule has 13 heteroatoms. The Hall–Kier alpha value is -4.43. The molecule has 1 saturated heterocycles. The number of hydrogen-bond donors (Lipinski definition) is 2. The third kappa shape index (κ3) is 10.2. The smallest absolute Gasteiger partial charge is 0.410 e. The van der Waals surface area contributed by atoms with Crippen LogP contribution in [0.15, 0.2) is 65.9 Å². The van der Waals surface area contributed by atoms with E-state index in [0.29, 0.717) is 53.7 Å². The number of carbonyl (C=O) groups excluding carboxylic acids is 2. The van der Waals surface area contributed by atoms with Crippen LogP contribution < -0.4 is 14.2 Å². The fraction of sp³-hybridized carbons (Fsp3) is 0.596. The average molecular weight is 833 g/mol. The van der Waals surface area contributed by atoms with Gasteiger partial charge in [-0.2, -0.15) is 0 Å². The molecule has 60 heavy (non-hydrogen) atoms. The standard InChI is InChI=1S/C47H64N2O11/c1-7-23-57-47-41(49(5)45(53)56-30-46(2,3)4)28-38(48-60-42-16-10-13-24-55-42)36-26-31(14-8-11-21-50)35(15-9-12-22-51)43(44(36)47)37-27-34(18-20-40(37)59-47)58-33-17-19-39(54-6)32(25-33)29-52/h7,17-20,25-27,29,31,35,41-44,50-51H,1,8-16,21-24,28,30H2,2-6H3. The molecule has 0 radical (unpaired) electrons. The summed E-state index contributed by atoms with van der Waals surface area (Å²) in [4.78, 5) is 33.8. The second-order valence-electron chi connectivity index (χ2n) is 17.5. The highest BCUT2D eigenvalue weighted by atomic mass is 16.8. The summed E-state index contributed by atoms with van der Waals surface area (Å²) >= 11 is 0. The molecule has 2 aliphatic carbocycles. The fourth-order valence-electron chi connectivity index (χ4n) is 9.22. The van der Waals surface area contributed by atoms with Gasteiger partial charge in [-0.05, 0) is 97.7 Å². The molecule has 2 aromatic rings. The Bertz CT molecular complexity index is 1850. The molecule has 0 spiro atoms. The van der Waals surface area contributed by atoms with Crippen molar-refractivity contribution >= 4 is 18.1 Å². The van der Waals surface area contributed by atoms with E-state index in [4.69, 9.17) is 38.4 Å². The average Bonchev–Trinajstić information content (AvgIpc) is 3.25. The van der Waals surface area contributed by atoms with Crippen LogP contribution >= 0.6 is 0 Å². The van der Waals surface area contributed by atoms with Crippen LogP contribution in [0.5, 0.6) is 23.0 Å². The zero-order chi connectivity index (χ0) is 42.9. The molecule has 1 amide bonds. The lowest BCUT2D eigenvalue weighted by Gasteiger charge is -2.59. The number of fused-ring (bicyclic) bond motifs is 2. The molecular formula is C47H64N2O11. The number of carbonyl (C=O) groups is 2. The topological polar surface area (TPSA) is 155 Å². The van der Waals surface area contributed by atoms with E-state index in [2.05, 4.69) is 12.7 Å². The van der Waals surface area contributed by atoms with Crippen molar-refractivity contribution in [2.45, 2.75) is 109 Å². The van der Waals surface area contributed by atoms with Gasteiger partial charge in [0.25, 0.3) is 0 Å². The number of likely N-dealkylation sites (N-methyl/N-ethyl adjacent to an activating group) is 1. The van der Waals surface area contributed by atoms with Crippen molar-refractivity contribution in [1.82, 2.24) is 4.90 Å². The molecule has 2 fully saturated rings. The molecule has 2 aliphatic heterocycles. The molecule has 2 aromatic carbocycles. The van der Waals surface area contributed by atoms with Crippen LogP contribution in [0.2, 0.25) is 0 Å². The van der Waals surface area contributed by atoms with E-state index in [1.807, 2.05) is 39.0 Å². The molecule has 0 aromatic heterocycles. The van der Waals surface area contributed by atoms with Gasteiger partial charge in [0.15, 0.2) is 6.29 Å². The first-order valence-electron chi connectivity index (χ1n) is 21.5. The molecule has 1 saturated carbocycles. The monoisotopic (exact) mass is 832 g/mol. The predicted octanol–water partition coefficient (Wildman–Crippen LogP) is 8.57. The Morgan fingerprint density at radius 2 is 1.80 bits per heavy atom. The first-order valence-corrected chi connectivity index (χ1v) is 21.5. The van der Waals surface area contributed by atoms with Gasteiger partial charge in [0, 0.05) is 44.6 Å². The van der Waals surface area contributed by atoms with E-state index in [-0.39, 0.29) is 56.0 Å². The third-order valence-corrected chi connectivity index (χ3v) is 12.0. The lowest BCUT2D eigenvalue weighted by atomic mass is 9.55. The lowest BCUT2D eigenvalue weighted by molar-refractivity contribution is -0.254.